The van der Waals surface area contributed by atoms with Crippen LogP contribution in [0.15, 0.2) is 59.7 Å². The van der Waals surface area contributed by atoms with E-state index in [1.165, 1.54) is 29.6 Å². The van der Waals surface area contributed by atoms with Crippen molar-refractivity contribution in [1.82, 2.24) is 0 Å². The standard InChI is InChI=1S/C28H9F6N5O/c29-27(30,31)39-15-1-3-17-19-7-20-18-4-2-16(40-28(32,33)34)6-22(18)26(14(11-37)12-38)24(20)8-23(19)25(21(17)5-15)13(9-35)10-36/h1-8,39H. The summed E-state index contributed by atoms with van der Waals surface area (Å²) in [6.45, 7) is 0. The van der Waals surface area contributed by atoms with Crippen LogP contribution in [0.5, 0.6) is 5.75 Å². The van der Waals surface area contributed by atoms with E-state index in [0.29, 0.717) is 22.3 Å². The minimum Gasteiger partial charge on any atom is -0.406 e. The van der Waals surface area contributed by atoms with Crippen molar-refractivity contribution >= 4 is 16.8 Å². The third-order valence-corrected chi connectivity index (χ3v) is 6.29. The Hall–Kier alpha value is -5.72. The van der Waals surface area contributed by atoms with Crippen molar-refractivity contribution in [3.8, 4) is 52.3 Å². The first kappa shape index (κ1) is 25.9. The lowest BCUT2D eigenvalue weighted by atomic mass is 9.93. The second-order valence-corrected chi connectivity index (χ2v) is 8.53. The highest BCUT2D eigenvalue weighted by atomic mass is 19.4. The number of hydrogen-bond acceptors (Lipinski definition) is 6. The lowest BCUT2D eigenvalue weighted by Crippen LogP contribution is -2.20. The fraction of sp³-hybridized carbons (Fsp3) is 0.0714. The quantitative estimate of drug-likeness (QED) is 0.143. The van der Waals surface area contributed by atoms with Crippen LogP contribution in [0.3, 0.4) is 0 Å². The molecule has 3 aromatic rings. The van der Waals surface area contributed by atoms with Gasteiger partial charge >= 0.3 is 12.7 Å². The van der Waals surface area contributed by atoms with Crippen molar-refractivity contribution in [3.63, 3.8) is 0 Å². The molecule has 12 heteroatoms. The van der Waals surface area contributed by atoms with Crippen LogP contribution in [0.4, 0.5) is 32.0 Å². The molecule has 0 radical (unpaired) electrons. The van der Waals surface area contributed by atoms with Crippen LogP contribution < -0.4 is 10.1 Å². The summed E-state index contributed by atoms with van der Waals surface area (Å²) in [7, 11) is 0. The maximum Gasteiger partial charge on any atom is 0.573 e. The van der Waals surface area contributed by atoms with E-state index in [9.17, 15) is 47.4 Å². The third kappa shape index (κ3) is 4.24. The van der Waals surface area contributed by atoms with Gasteiger partial charge in [-0.1, -0.05) is 12.1 Å². The van der Waals surface area contributed by atoms with Gasteiger partial charge < -0.3 is 4.74 Å². The molecule has 0 spiro atoms. The average molecular weight is 545 g/mol. The number of fused-ring (bicyclic) bond motifs is 6. The number of benzene rings is 3. The SMILES string of the molecule is N#CC(C#N)=C1c2cc(NC(F)(F)F)ccc2-c2cc3c(cc21)C(=C(C#N)C#N)c1cc(OC(F)(F)F)ccc1-3. The Kier molecular flexibility index (Phi) is 5.79. The summed E-state index contributed by atoms with van der Waals surface area (Å²) in [5.41, 5.74) is 1.35. The highest BCUT2D eigenvalue weighted by molar-refractivity contribution is 6.11. The zero-order valence-corrected chi connectivity index (χ0v) is 19.6. The van der Waals surface area contributed by atoms with E-state index < -0.39 is 29.6 Å². The summed E-state index contributed by atoms with van der Waals surface area (Å²) in [6.07, 6.45) is -9.74. The van der Waals surface area contributed by atoms with Gasteiger partial charge in [0.05, 0.1) is 0 Å². The van der Waals surface area contributed by atoms with Crippen LogP contribution in [0, 0.1) is 45.3 Å². The van der Waals surface area contributed by atoms with E-state index in [4.69, 9.17) is 0 Å². The van der Waals surface area contributed by atoms with Gasteiger partial charge in [-0.3, -0.25) is 5.32 Å². The van der Waals surface area contributed by atoms with Gasteiger partial charge in [-0.15, -0.1) is 13.2 Å². The fourth-order valence-electron chi connectivity index (χ4n) is 4.95. The molecule has 0 atom stereocenters. The molecule has 3 aromatic carbocycles. The third-order valence-electron chi connectivity index (χ3n) is 6.29. The van der Waals surface area contributed by atoms with Gasteiger partial charge in [0.2, 0.25) is 0 Å². The fourth-order valence-corrected chi connectivity index (χ4v) is 4.95. The summed E-state index contributed by atoms with van der Waals surface area (Å²) in [4.78, 5) is 0. The van der Waals surface area contributed by atoms with Gasteiger partial charge in [0.1, 0.15) is 41.2 Å². The van der Waals surface area contributed by atoms with Gasteiger partial charge in [0.25, 0.3) is 0 Å². The first-order valence-electron chi connectivity index (χ1n) is 11.1. The topological polar surface area (TPSA) is 116 Å². The number of nitrogens with one attached hydrogen (secondary N) is 1. The van der Waals surface area contributed by atoms with Crippen LogP contribution in [-0.4, -0.2) is 12.7 Å². The summed E-state index contributed by atoms with van der Waals surface area (Å²) >= 11 is 0. The van der Waals surface area contributed by atoms with Gasteiger partial charge in [-0.2, -0.15) is 34.2 Å². The monoisotopic (exact) mass is 545 g/mol. The first-order valence-corrected chi connectivity index (χ1v) is 11.1. The highest BCUT2D eigenvalue weighted by Crippen LogP contribution is 2.54. The summed E-state index contributed by atoms with van der Waals surface area (Å²) in [5.74, 6) is -0.578. The van der Waals surface area contributed by atoms with Crippen molar-refractivity contribution in [2.75, 3.05) is 5.32 Å². The van der Waals surface area contributed by atoms with Crippen molar-refractivity contribution in [2.24, 2.45) is 0 Å². The lowest BCUT2D eigenvalue weighted by molar-refractivity contribution is -0.274. The zero-order chi connectivity index (χ0) is 29.0. The number of nitrogens with zero attached hydrogens (tertiary/aromatic N) is 4. The number of halogens is 6. The molecule has 0 aromatic heterocycles. The predicted molar refractivity (Wildman–Crippen MR) is 128 cm³/mol. The maximum absolute atomic E-state index is 13.0. The molecule has 0 bridgehead atoms. The smallest absolute Gasteiger partial charge is 0.406 e. The van der Waals surface area contributed by atoms with Gasteiger partial charge in [0.15, 0.2) is 0 Å². The molecule has 0 saturated heterocycles. The van der Waals surface area contributed by atoms with Gasteiger partial charge in [-0.05, 0) is 80.9 Å². The van der Waals surface area contributed by atoms with Crippen molar-refractivity contribution in [1.29, 1.82) is 21.0 Å². The van der Waals surface area contributed by atoms with Crippen LogP contribution in [0.1, 0.15) is 22.3 Å². The molecule has 5 rings (SSSR count). The highest BCUT2D eigenvalue weighted by Gasteiger charge is 2.36. The number of nitriles is 4. The number of alkyl halides is 6. The second kappa shape index (κ2) is 8.94. The molecule has 1 N–H and O–H groups in total. The molecule has 2 aliphatic rings. The number of hydrogen-bond donors (Lipinski definition) is 1. The maximum atomic E-state index is 13.0. The Labute approximate surface area is 221 Å². The largest absolute Gasteiger partial charge is 0.573 e. The molecule has 0 aliphatic heterocycles. The van der Waals surface area contributed by atoms with E-state index in [0.717, 1.165) is 18.2 Å². The molecule has 6 nitrogen and oxygen atoms in total. The number of allylic oxidation sites excluding steroid dienone is 2. The molecule has 0 heterocycles. The van der Waals surface area contributed by atoms with Crippen LogP contribution in [0.25, 0.3) is 33.4 Å². The number of anilines is 1. The lowest BCUT2D eigenvalue weighted by Gasteiger charge is -2.12. The normalized spacial score (nSPS) is 12.6. The van der Waals surface area contributed by atoms with Gasteiger partial charge in [0, 0.05) is 16.8 Å². The zero-order valence-electron chi connectivity index (χ0n) is 19.6. The van der Waals surface area contributed by atoms with E-state index in [1.807, 2.05) is 0 Å². The van der Waals surface area contributed by atoms with Crippen molar-refractivity contribution in [3.05, 3.63) is 81.9 Å². The Balaban J connectivity index is 1.81. The number of ether oxygens (including phenoxy) is 1. The number of rotatable bonds is 2. The molecule has 0 saturated carbocycles. The molecular formula is C28H9F6N5O. The van der Waals surface area contributed by atoms with Crippen LogP contribution in [0.2, 0.25) is 0 Å². The first-order chi connectivity index (χ1) is 18.9. The predicted octanol–water partition coefficient (Wildman–Crippen LogP) is 7.18. The minimum atomic E-state index is -4.99. The van der Waals surface area contributed by atoms with E-state index >= 15 is 0 Å². The minimum absolute atomic E-state index is 0.00984. The molecule has 0 unspecified atom stereocenters. The molecule has 40 heavy (non-hydrogen) atoms. The van der Waals surface area contributed by atoms with E-state index in [2.05, 4.69) is 4.74 Å². The Morgan fingerprint density at radius 3 is 1.50 bits per heavy atom. The van der Waals surface area contributed by atoms with Crippen molar-refractivity contribution in [2.45, 2.75) is 12.7 Å². The van der Waals surface area contributed by atoms with Gasteiger partial charge in [-0.25, -0.2) is 0 Å². The molecule has 0 amide bonds. The van der Waals surface area contributed by atoms with E-state index in [-0.39, 0.29) is 39.1 Å². The van der Waals surface area contributed by atoms with Crippen molar-refractivity contribution < 1.29 is 31.1 Å². The van der Waals surface area contributed by atoms with Crippen LogP contribution in [-0.2, 0) is 0 Å². The molecule has 194 valence electrons. The Morgan fingerprint density at radius 2 is 1.02 bits per heavy atom. The summed E-state index contributed by atoms with van der Waals surface area (Å²) < 4.78 is 81.7. The molecule has 2 aliphatic carbocycles. The van der Waals surface area contributed by atoms with Crippen LogP contribution >= 0.6 is 0 Å². The Bertz CT molecular complexity index is 1710. The average Bonchev–Trinajstić information content (AvgIpc) is 3.34. The second-order valence-electron chi connectivity index (χ2n) is 8.53. The Morgan fingerprint density at radius 1 is 0.575 bits per heavy atom. The van der Waals surface area contributed by atoms with E-state index in [1.54, 1.807) is 30.3 Å². The summed E-state index contributed by atoms with van der Waals surface area (Å²) in [5, 5.41) is 39.9. The molecular weight excluding hydrogens is 536 g/mol. The molecule has 0 fully saturated rings. The summed E-state index contributed by atoms with van der Waals surface area (Å²) in [6, 6.07) is 17.2.